The molecule has 18 heavy (non-hydrogen) atoms. The van der Waals surface area contributed by atoms with E-state index in [-0.39, 0.29) is 6.61 Å². The van der Waals surface area contributed by atoms with Gasteiger partial charge in [-0.2, -0.15) is 0 Å². The highest BCUT2D eigenvalue weighted by Crippen LogP contribution is 2.32. The Balaban J connectivity index is 2.47. The quantitative estimate of drug-likeness (QED) is 0.867. The summed E-state index contributed by atoms with van der Waals surface area (Å²) in [6.45, 7) is 1.81. The fourth-order valence-corrected chi connectivity index (χ4v) is 1.86. The largest absolute Gasteiger partial charge is 0.493 e. The van der Waals surface area contributed by atoms with Gasteiger partial charge < -0.3 is 19.6 Å². The first kappa shape index (κ1) is 12.4. The van der Waals surface area contributed by atoms with E-state index in [9.17, 15) is 0 Å². The molecule has 0 unspecified atom stereocenters. The fraction of sp³-hybridized carbons (Fsp3) is 0.308. The first-order valence-corrected chi connectivity index (χ1v) is 5.58. The molecule has 5 heteroatoms. The summed E-state index contributed by atoms with van der Waals surface area (Å²) >= 11 is 0. The molecular weight excluding hydrogens is 232 g/mol. The minimum atomic E-state index is -0.103. The number of aryl methyl sites for hydroxylation is 1. The van der Waals surface area contributed by atoms with E-state index in [0.717, 1.165) is 17.0 Å². The van der Waals surface area contributed by atoms with Crippen molar-refractivity contribution in [2.24, 2.45) is 0 Å². The van der Waals surface area contributed by atoms with Crippen LogP contribution in [-0.4, -0.2) is 29.3 Å². The van der Waals surface area contributed by atoms with Crippen molar-refractivity contribution in [1.82, 2.24) is 9.97 Å². The number of ether oxygens (including phenoxy) is 2. The highest BCUT2D eigenvalue weighted by molar-refractivity contribution is 5.66. The lowest BCUT2D eigenvalue weighted by molar-refractivity contribution is 0.272. The van der Waals surface area contributed by atoms with E-state index in [1.807, 2.05) is 25.1 Å². The third-order valence-corrected chi connectivity index (χ3v) is 2.74. The number of aromatic nitrogens is 2. The second kappa shape index (κ2) is 5.10. The average Bonchev–Trinajstić information content (AvgIpc) is 2.79. The van der Waals surface area contributed by atoms with Crippen LogP contribution in [0.4, 0.5) is 0 Å². The van der Waals surface area contributed by atoms with Crippen molar-refractivity contribution in [1.29, 1.82) is 0 Å². The van der Waals surface area contributed by atoms with E-state index in [1.165, 1.54) is 0 Å². The highest BCUT2D eigenvalue weighted by Gasteiger charge is 2.11. The Hall–Kier alpha value is -2.01. The van der Waals surface area contributed by atoms with Gasteiger partial charge in [0, 0.05) is 11.3 Å². The van der Waals surface area contributed by atoms with Gasteiger partial charge in [0.15, 0.2) is 11.5 Å². The molecule has 0 saturated carbocycles. The Labute approximate surface area is 105 Å². The number of H-pyrrole nitrogens is 1. The molecule has 2 N–H and O–H groups in total. The van der Waals surface area contributed by atoms with Crippen molar-refractivity contribution < 1.29 is 14.6 Å². The summed E-state index contributed by atoms with van der Waals surface area (Å²) < 4.78 is 10.4. The molecule has 0 atom stereocenters. The van der Waals surface area contributed by atoms with Crippen LogP contribution in [0.15, 0.2) is 18.2 Å². The van der Waals surface area contributed by atoms with Gasteiger partial charge in [0.1, 0.15) is 12.4 Å². The number of benzene rings is 1. The second-order valence-electron chi connectivity index (χ2n) is 3.88. The van der Waals surface area contributed by atoms with Crippen molar-refractivity contribution in [3.63, 3.8) is 0 Å². The number of imidazole rings is 1. The van der Waals surface area contributed by atoms with Crippen LogP contribution in [0.25, 0.3) is 11.3 Å². The number of hydrogen-bond donors (Lipinski definition) is 2. The van der Waals surface area contributed by atoms with Crippen LogP contribution in [0.3, 0.4) is 0 Å². The zero-order valence-corrected chi connectivity index (χ0v) is 10.7. The van der Waals surface area contributed by atoms with Crippen molar-refractivity contribution in [2.75, 3.05) is 14.2 Å². The Morgan fingerprint density at radius 2 is 1.94 bits per heavy atom. The molecule has 1 heterocycles. The van der Waals surface area contributed by atoms with Crippen LogP contribution in [0.1, 0.15) is 11.5 Å². The van der Waals surface area contributed by atoms with Gasteiger partial charge in [-0.1, -0.05) is 0 Å². The molecular formula is C13H16N2O3. The molecule has 0 radical (unpaired) electrons. The topological polar surface area (TPSA) is 67.4 Å². The van der Waals surface area contributed by atoms with Crippen molar-refractivity contribution in [3.8, 4) is 22.8 Å². The van der Waals surface area contributed by atoms with E-state index < -0.39 is 0 Å². The number of aliphatic hydroxyl groups excluding tert-OH is 1. The van der Waals surface area contributed by atoms with Gasteiger partial charge in [0.2, 0.25) is 0 Å². The first-order valence-electron chi connectivity index (χ1n) is 5.58. The normalized spacial score (nSPS) is 10.4. The molecule has 0 amide bonds. The standard InChI is InChI=1S/C13H16N2O3/c1-8-13(15-12(7-16)14-8)9-4-5-10(17-2)11(6-9)18-3/h4-6,16H,7H2,1-3H3,(H,14,15). The molecule has 96 valence electrons. The van der Waals surface area contributed by atoms with E-state index >= 15 is 0 Å². The number of nitrogens with zero attached hydrogens (tertiary/aromatic N) is 1. The number of rotatable bonds is 4. The van der Waals surface area contributed by atoms with Crippen molar-refractivity contribution >= 4 is 0 Å². The van der Waals surface area contributed by atoms with E-state index in [1.54, 1.807) is 14.2 Å². The smallest absolute Gasteiger partial charge is 0.161 e. The molecule has 2 rings (SSSR count). The molecule has 0 aliphatic carbocycles. The summed E-state index contributed by atoms with van der Waals surface area (Å²) in [7, 11) is 3.19. The summed E-state index contributed by atoms with van der Waals surface area (Å²) in [4.78, 5) is 7.35. The first-order chi connectivity index (χ1) is 8.69. The van der Waals surface area contributed by atoms with E-state index in [0.29, 0.717) is 17.3 Å². The van der Waals surface area contributed by atoms with E-state index in [2.05, 4.69) is 9.97 Å². The number of aromatic amines is 1. The molecule has 0 aliphatic rings. The third-order valence-electron chi connectivity index (χ3n) is 2.74. The van der Waals surface area contributed by atoms with Crippen LogP contribution in [0, 0.1) is 6.92 Å². The maximum absolute atomic E-state index is 9.07. The molecule has 0 bridgehead atoms. The van der Waals surface area contributed by atoms with Crippen LogP contribution in [0.5, 0.6) is 11.5 Å². The summed E-state index contributed by atoms with van der Waals surface area (Å²) in [5.74, 6) is 1.89. The van der Waals surface area contributed by atoms with Gasteiger partial charge in [-0.25, -0.2) is 4.98 Å². The van der Waals surface area contributed by atoms with Crippen LogP contribution in [-0.2, 0) is 6.61 Å². The molecule has 5 nitrogen and oxygen atoms in total. The van der Waals surface area contributed by atoms with Gasteiger partial charge in [-0.15, -0.1) is 0 Å². The van der Waals surface area contributed by atoms with E-state index in [4.69, 9.17) is 14.6 Å². The molecule has 0 saturated heterocycles. The zero-order chi connectivity index (χ0) is 13.1. The summed E-state index contributed by atoms with van der Waals surface area (Å²) in [5, 5.41) is 9.07. The Kier molecular flexibility index (Phi) is 3.53. The van der Waals surface area contributed by atoms with Gasteiger partial charge in [0.25, 0.3) is 0 Å². The lowest BCUT2D eigenvalue weighted by Crippen LogP contribution is -1.91. The predicted octanol–water partition coefficient (Wildman–Crippen LogP) is 1.89. The maximum atomic E-state index is 9.07. The number of aliphatic hydroxyl groups is 1. The van der Waals surface area contributed by atoms with Crippen molar-refractivity contribution in [2.45, 2.75) is 13.5 Å². The van der Waals surface area contributed by atoms with Gasteiger partial charge in [-0.3, -0.25) is 0 Å². The predicted molar refractivity (Wildman–Crippen MR) is 67.8 cm³/mol. The third kappa shape index (κ3) is 2.17. The average molecular weight is 248 g/mol. The molecule has 0 fully saturated rings. The zero-order valence-electron chi connectivity index (χ0n) is 10.7. The SMILES string of the molecule is COc1ccc(-c2nc(CO)[nH]c2C)cc1OC. The monoisotopic (exact) mass is 248 g/mol. The molecule has 2 aromatic rings. The van der Waals surface area contributed by atoms with Crippen LogP contribution >= 0.6 is 0 Å². The Bertz CT molecular complexity index is 549. The van der Waals surface area contributed by atoms with Crippen LogP contribution < -0.4 is 9.47 Å². The molecule has 1 aromatic carbocycles. The van der Waals surface area contributed by atoms with Crippen molar-refractivity contribution in [3.05, 3.63) is 29.7 Å². The number of methoxy groups -OCH3 is 2. The molecule has 0 spiro atoms. The van der Waals surface area contributed by atoms with Crippen LogP contribution in [0.2, 0.25) is 0 Å². The number of nitrogens with one attached hydrogen (secondary N) is 1. The molecule has 1 aromatic heterocycles. The fourth-order valence-electron chi connectivity index (χ4n) is 1.86. The van der Waals surface area contributed by atoms with Gasteiger partial charge in [0.05, 0.1) is 19.9 Å². The lowest BCUT2D eigenvalue weighted by atomic mass is 10.1. The summed E-state index contributed by atoms with van der Waals surface area (Å²) in [6, 6.07) is 5.61. The highest BCUT2D eigenvalue weighted by atomic mass is 16.5. The Morgan fingerprint density at radius 1 is 1.22 bits per heavy atom. The summed E-state index contributed by atoms with van der Waals surface area (Å²) in [6.07, 6.45) is 0. The Morgan fingerprint density at radius 3 is 2.50 bits per heavy atom. The molecule has 0 aliphatic heterocycles. The summed E-state index contributed by atoms with van der Waals surface area (Å²) in [5.41, 5.74) is 2.63. The van der Waals surface area contributed by atoms with Gasteiger partial charge >= 0.3 is 0 Å². The second-order valence-corrected chi connectivity index (χ2v) is 3.88. The maximum Gasteiger partial charge on any atom is 0.161 e. The minimum Gasteiger partial charge on any atom is -0.493 e. The number of hydrogen-bond acceptors (Lipinski definition) is 4. The van der Waals surface area contributed by atoms with Gasteiger partial charge in [-0.05, 0) is 25.1 Å². The minimum absolute atomic E-state index is 0.103. The lowest BCUT2D eigenvalue weighted by Gasteiger charge is -2.08.